The van der Waals surface area contributed by atoms with Gasteiger partial charge in [0.25, 0.3) is 0 Å². The molecule has 0 bridgehead atoms. The Morgan fingerprint density at radius 3 is 1.92 bits per heavy atom. The van der Waals surface area contributed by atoms with Crippen LogP contribution in [-0.4, -0.2) is 0 Å². The van der Waals surface area contributed by atoms with Crippen LogP contribution in [-0.2, 0) is 5.41 Å². The smallest absolute Gasteiger partial charge is 0.0543 e. The zero-order valence-electron chi connectivity index (χ0n) is 28.6. The molecule has 0 amide bonds. The second kappa shape index (κ2) is 11.6. The maximum absolute atomic E-state index is 2.53. The van der Waals surface area contributed by atoms with Crippen molar-refractivity contribution in [2.75, 3.05) is 4.90 Å². The number of thiophene rings is 1. The van der Waals surface area contributed by atoms with E-state index in [1.54, 1.807) is 0 Å². The van der Waals surface area contributed by atoms with Crippen LogP contribution in [0.2, 0.25) is 0 Å². The van der Waals surface area contributed by atoms with Crippen LogP contribution >= 0.6 is 11.3 Å². The maximum Gasteiger partial charge on any atom is 0.0543 e. The summed E-state index contributed by atoms with van der Waals surface area (Å²) in [5.74, 6) is 0. The molecule has 0 unspecified atom stereocenters. The van der Waals surface area contributed by atoms with Crippen LogP contribution in [0.1, 0.15) is 25.0 Å². The molecule has 0 atom stereocenters. The largest absolute Gasteiger partial charge is 0.309 e. The molecule has 1 nitrogen and oxygen atoms in total. The molecule has 0 saturated carbocycles. The first-order valence-corrected chi connectivity index (χ1v) is 18.5. The van der Waals surface area contributed by atoms with Crippen LogP contribution < -0.4 is 4.90 Å². The Labute approximate surface area is 302 Å². The standard InChI is InChI=1S/C49H35NS/c1-49(2)42-23-14-25-45(48(42)41-29-33-17-6-7-18-34(33)30-43(41)49)50(35-27-28-40-39-22-11-13-26-46(39)51-47(40)31-35)44-24-12-10-21-38(44)37-20-9-8-19-36(37)32-15-4-3-5-16-32/h3-31H,1-2H3. The van der Waals surface area contributed by atoms with E-state index in [4.69, 9.17) is 0 Å². The van der Waals surface area contributed by atoms with Gasteiger partial charge in [-0.2, -0.15) is 0 Å². The molecular formula is C49H35NS. The lowest BCUT2D eigenvalue weighted by Gasteiger charge is -2.31. The molecule has 1 aliphatic carbocycles. The number of hydrogen-bond acceptors (Lipinski definition) is 2. The second-order valence-corrected chi connectivity index (χ2v) is 15.2. The van der Waals surface area contributed by atoms with Gasteiger partial charge < -0.3 is 4.90 Å². The fourth-order valence-corrected chi connectivity index (χ4v) is 9.52. The Morgan fingerprint density at radius 1 is 0.431 bits per heavy atom. The average Bonchev–Trinajstić information content (AvgIpc) is 3.66. The summed E-state index contributed by atoms with van der Waals surface area (Å²) in [6.07, 6.45) is 0. The van der Waals surface area contributed by atoms with E-state index in [-0.39, 0.29) is 5.41 Å². The Hall–Kier alpha value is -5.96. The van der Waals surface area contributed by atoms with Crippen molar-refractivity contribution >= 4 is 59.3 Å². The van der Waals surface area contributed by atoms with Crippen molar-refractivity contribution in [1.82, 2.24) is 0 Å². The number of fused-ring (bicyclic) bond motifs is 7. The Balaban J connectivity index is 1.27. The van der Waals surface area contributed by atoms with E-state index in [0.717, 1.165) is 11.4 Å². The van der Waals surface area contributed by atoms with Gasteiger partial charge in [-0.3, -0.25) is 0 Å². The number of para-hydroxylation sites is 1. The van der Waals surface area contributed by atoms with E-state index in [1.165, 1.54) is 81.1 Å². The van der Waals surface area contributed by atoms with E-state index in [0.29, 0.717) is 0 Å². The molecule has 1 heterocycles. The molecule has 2 heteroatoms. The molecule has 0 saturated heterocycles. The van der Waals surface area contributed by atoms with Gasteiger partial charge in [0.1, 0.15) is 0 Å². The highest BCUT2D eigenvalue weighted by molar-refractivity contribution is 7.25. The van der Waals surface area contributed by atoms with Crippen molar-refractivity contribution < 1.29 is 0 Å². The van der Waals surface area contributed by atoms with Crippen molar-refractivity contribution in [2.24, 2.45) is 0 Å². The van der Waals surface area contributed by atoms with Gasteiger partial charge >= 0.3 is 0 Å². The molecule has 8 aromatic carbocycles. The summed E-state index contributed by atoms with van der Waals surface area (Å²) < 4.78 is 2.61. The monoisotopic (exact) mass is 669 g/mol. The van der Waals surface area contributed by atoms with Gasteiger partial charge in [0, 0.05) is 42.4 Å². The summed E-state index contributed by atoms with van der Waals surface area (Å²) >= 11 is 1.87. The summed E-state index contributed by atoms with van der Waals surface area (Å²) in [5.41, 5.74) is 13.6. The summed E-state index contributed by atoms with van der Waals surface area (Å²) in [7, 11) is 0. The third kappa shape index (κ3) is 4.67. The molecule has 10 rings (SSSR count). The lowest BCUT2D eigenvalue weighted by Crippen LogP contribution is -2.16. The number of anilines is 3. The van der Waals surface area contributed by atoms with E-state index in [1.807, 2.05) is 11.3 Å². The zero-order chi connectivity index (χ0) is 34.1. The minimum absolute atomic E-state index is 0.148. The molecule has 0 N–H and O–H groups in total. The fraction of sp³-hybridized carbons (Fsp3) is 0.0612. The Bertz CT molecular complexity index is 2790. The van der Waals surface area contributed by atoms with Crippen LogP contribution in [0, 0.1) is 0 Å². The molecule has 0 aliphatic heterocycles. The summed E-state index contributed by atoms with van der Waals surface area (Å²) in [6, 6.07) is 64.9. The predicted octanol–water partition coefficient (Wildman–Crippen LogP) is 14.3. The Kier molecular flexibility index (Phi) is 6.78. The van der Waals surface area contributed by atoms with E-state index in [2.05, 4.69) is 195 Å². The lowest BCUT2D eigenvalue weighted by atomic mass is 9.82. The van der Waals surface area contributed by atoms with Crippen molar-refractivity contribution in [1.29, 1.82) is 0 Å². The van der Waals surface area contributed by atoms with E-state index in [9.17, 15) is 0 Å². The minimum Gasteiger partial charge on any atom is -0.309 e. The molecule has 0 fully saturated rings. The van der Waals surface area contributed by atoms with Gasteiger partial charge in [-0.1, -0.05) is 147 Å². The maximum atomic E-state index is 2.53. The first-order valence-electron chi connectivity index (χ1n) is 17.7. The van der Waals surface area contributed by atoms with Crippen LogP contribution in [0.15, 0.2) is 176 Å². The van der Waals surface area contributed by atoms with Crippen LogP contribution in [0.5, 0.6) is 0 Å². The summed E-state index contributed by atoms with van der Waals surface area (Å²) in [6.45, 7) is 4.77. The van der Waals surface area contributed by atoms with Gasteiger partial charge in [-0.25, -0.2) is 0 Å². The Morgan fingerprint density at radius 2 is 1.08 bits per heavy atom. The van der Waals surface area contributed by atoms with Gasteiger partial charge in [-0.15, -0.1) is 11.3 Å². The van der Waals surface area contributed by atoms with E-state index < -0.39 is 0 Å². The lowest BCUT2D eigenvalue weighted by molar-refractivity contribution is 0.661. The highest BCUT2D eigenvalue weighted by atomic mass is 32.1. The highest BCUT2D eigenvalue weighted by Gasteiger charge is 2.38. The van der Waals surface area contributed by atoms with Gasteiger partial charge in [-0.05, 0) is 86.6 Å². The number of benzene rings is 8. The summed E-state index contributed by atoms with van der Waals surface area (Å²) in [5, 5.41) is 5.17. The fourth-order valence-electron chi connectivity index (χ4n) is 8.39. The SMILES string of the molecule is CC1(C)c2cc3ccccc3cc2-c2c(N(c3ccc4c(c3)sc3ccccc34)c3ccccc3-c3ccccc3-c3ccccc3)cccc21. The van der Waals surface area contributed by atoms with Gasteiger partial charge in [0.2, 0.25) is 0 Å². The molecule has 1 aliphatic rings. The van der Waals surface area contributed by atoms with Crippen molar-refractivity contribution in [3.05, 3.63) is 187 Å². The van der Waals surface area contributed by atoms with Crippen LogP contribution in [0.25, 0.3) is 64.3 Å². The third-order valence-electron chi connectivity index (χ3n) is 10.9. The molecule has 0 spiro atoms. The molecule has 0 radical (unpaired) electrons. The van der Waals surface area contributed by atoms with Crippen molar-refractivity contribution in [3.8, 4) is 33.4 Å². The number of hydrogen-bond donors (Lipinski definition) is 0. The predicted molar refractivity (Wildman–Crippen MR) is 220 cm³/mol. The van der Waals surface area contributed by atoms with Crippen LogP contribution in [0.3, 0.4) is 0 Å². The number of nitrogens with zero attached hydrogens (tertiary/aromatic N) is 1. The molecule has 1 aromatic heterocycles. The third-order valence-corrected chi connectivity index (χ3v) is 12.0. The number of rotatable bonds is 5. The molecule has 242 valence electrons. The second-order valence-electron chi connectivity index (χ2n) is 14.1. The molecule has 9 aromatic rings. The molecule has 51 heavy (non-hydrogen) atoms. The van der Waals surface area contributed by atoms with Gasteiger partial charge in [0.05, 0.1) is 11.4 Å². The van der Waals surface area contributed by atoms with Gasteiger partial charge in [0.15, 0.2) is 0 Å². The normalized spacial score (nSPS) is 13.1. The van der Waals surface area contributed by atoms with Crippen LogP contribution in [0.4, 0.5) is 17.1 Å². The topological polar surface area (TPSA) is 3.24 Å². The summed E-state index contributed by atoms with van der Waals surface area (Å²) in [4.78, 5) is 2.53. The quantitative estimate of drug-likeness (QED) is 0.176. The minimum atomic E-state index is -0.148. The van der Waals surface area contributed by atoms with Crippen molar-refractivity contribution in [2.45, 2.75) is 19.3 Å². The highest BCUT2D eigenvalue weighted by Crippen LogP contribution is 2.56. The molecular weight excluding hydrogens is 635 g/mol. The average molecular weight is 670 g/mol. The van der Waals surface area contributed by atoms with E-state index >= 15 is 0 Å². The first-order chi connectivity index (χ1) is 25.1. The van der Waals surface area contributed by atoms with Crippen molar-refractivity contribution in [3.63, 3.8) is 0 Å². The zero-order valence-corrected chi connectivity index (χ0v) is 29.4. The first kappa shape index (κ1) is 29.9.